The molecular formula is C19H25F3N2O. The Morgan fingerprint density at radius 1 is 1.08 bits per heavy atom. The fourth-order valence-electron chi connectivity index (χ4n) is 3.78. The number of fused-ring (bicyclic) bond motifs is 1. The predicted molar refractivity (Wildman–Crippen MR) is 90.0 cm³/mol. The highest BCUT2D eigenvalue weighted by atomic mass is 19.4. The van der Waals surface area contributed by atoms with E-state index in [2.05, 4.69) is 12.1 Å². The van der Waals surface area contributed by atoms with E-state index in [9.17, 15) is 18.0 Å². The summed E-state index contributed by atoms with van der Waals surface area (Å²) in [5.74, 6) is 0.482. The number of piperidine rings is 1. The molecule has 1 aromatic rings. The molecule has 0 bridgehead atoms. The number of hydrogen-bond donors (Lipinski definition) is 0. The van der Waals surface area contributed by atoms with E-state index in [4.69, 9.17) is 0 Å². The van der Waals surface area contributed by atoms with E-state index >= 15 is 0 Å². The molecule has 1 aromatic carbocycles. The number of nitrogens with zero attached hydrogens (tertiary/aromatic N) is 2. The molecule has 0 spiro atoms. The SMILES string of the molecule is O=C(CC1CCN(CCC(F)(F)F)CC1)N1CCc2ccccc2C1. The molecule has 0 aromatic heterocycles. The topological polar surface area (TPSA) is 23.6 Å². The Balaban J connectivity index is 1.43. The largest absolute Gasteiger partial charge is 0.390 e. The van der Waals surface area contributed by atoms with Crippen LogP contribution in [0.5, 0.6) is 0 Å². The van der Waals surface area contributed by atoms with Gasteiger partial charge in [-0.15, -0.1) is 0 Å². The third kappa shape index (κ3) is 5.21. The van der Waals surface area contributed by atoms with Crippen LogP contribution in [0.4, 0.5) is 13.2 Å². The van der Waals surface area contributed by atoms with Crippen LogP contribution in [0.3, 0.4) is 0 Å². The van der Waals surface area contributed by atoms with Gasteiger partial charge in [-0.2, -0.15) is 13.2 Å². The standard InChI is InChI=1S/C19H25F3N2O/c20-19(21,22)8-12-23-9-5-15(6-10-23)13-18(25)24-11-7-16-3-1-2-4-17(16)14-24/h1-4,15H,5-14H2. The minimum absolute atomic E-state index is 0.0765. The van der Waals surface area contributed by atoms with E-state index in [1.54, 1.807) is 0 Å². The Hall–Kier alpha value is -1.56. The van der Waals surface area contributed by atoms with Crippen LogP contribution >= 0.6 is 0 Å². The van der Waals surface area contributed by atoms with Gasteiger partial charge < -0.3 is 9.80 Å². The summed E-state index contributed by atoms with van der Waals surface area (Å²) in [5.41, 5.74) is 2.55. The minimum atomic E-state index is -4.09. The molecule has 0 radical (unpaired) electrons. The second-order valence-corrected chi connectivity index (χ2v) is 7.19. The molecule has 2 heterocycles. The number of rotatable bonds is 4. The van der Waals surface area contributed by atoms with Crippen molar-refractivity contribution >= 4 is 5.91 Å². The molecule has 1 amide bonds. The van der Waals surface area contributed by atoms with Crippen LogP contribution in [0.25, 0.3) is 0 Å². The third-order valence-electron chi connectivity index (χ3n) is 5.37. The first-order valence-electron chi connectivity index (χ1n) is 9.04. The van der Waals surface area contributed by atoms with Gasteiger partial charge >= 0.3 is 6.18 Å². The molecule has 25 heavy (non-hydrogen) atoms. The van der Waals surface area contributed by atoms with Gasteiger partial charge in [0.15, 0.2) is 0 Å². The van der Waals surface area contributed by atoms with Gasteiger partial charge in [-0.05, 0) is 49.4 Å². The summed E-state index contributed by atoms with van der Waals surface area (Å²) in [5, 5.41) is 0. The molecule has 0 aliphatic carbocycles. The van der Waals surface area contributed by atoms with Gasteiger partial charge in [0, 0.05) is 26.1 Å². The fourth-order valence-corrected chi connectivity index (χ4v) is 3.78. The zero-order valence-corrected chi connectivity index (χ0v) is 14.4. The van der Waals surface area contributed by atoms with Crippen molar-refractivity contribution in [2.45, 2.75) is 44.8 Å². The number of benzene rings is 1. The van der Waals surface area contributed by atoms with Crippen molar-refractivity contribution in [2.75, 3.05) is 26.2 Å². The van der Waals surface area contributed by atoms with Crippen molar-refractivity contribution in [3.63, 3.8) is 0 Å². The van der Waals surface area contributed by atoms with Crippen molar-refractivity contribution in [3.05, 3.63) is 35.4 Å². The maximum absolute atomic E-state index is 12.6. The number of amides is 1. The van der Waals surface area contributed by atoms with Crippen molar-refractivity contribution in [3.8, 4) is 0 Å². The summed E-state index contributed by atoms with van der Waals surface area (Å²) in [6, 6.07) is 8.23. The highest BCUT2D eigenvalue weighted by Gasteiger charge is 2.30. The Morgan fingerprint density at radius 2 is 1.76 bits per heavy atom. The molecule has 3 rings (SSSR count). The Bertz CT molecular complexity index is 595. The average Bonchev–Trinajstić information content (AvgIpc) is 2.60. The molecule has 0 unspecified atom stereocenters. The summed E-state index contributed by atoms with van der Waals surface area (Å²) in [7, 11) is 0. The van der Waals surface area contributed by atoms with Gasteiger partial charge in [0.1, 0.15) is 0 Å². The van der Waals surface area contributed by atoms with Crippen molar-refractivity contribution in [2.24, 2.45) is 5.92 Å². The van der Waals surface area contributed by atoms with Gasteiger partial charge in [0.05, 0.1) is 6.42 Å². The summed E-state index contributed by atoms with van der Waals surface area (Å²) in [4.78, 5) is 16.4. The first kappa shape index (κ1) is 18.2. The molecule has 3 nitrogen and oxygen atoms in total. The molecule has 1 fully saturated rings. The van der Waals surface area contributed by atoms with E-state index in [0.29, 0.717) is 32.0 Å². The minimum Gasteiger partial charge on any atom is -0.338 e. The fraction of sp³-hybridized carbons (Fsp3) is 0.632. The zero-order chi connectivity index (χ0) is 17.9. The normalized spacial score (nSPS) is 19.7. The molecule has 138 valence electrons. The molecule has 0 N–H and O–H groups in total. The summed E-state index contributed by atoms with van der Waals surface area (Å²) < 4.78 is 36.9. The van der Waals surface area contributed by atoms with E-state index in [1.165, 1.54) is 11.1 Å². The van der Waals surface area contributed by atoms with Crippen LogP contribution in [0.15, 0.2) is 24.3 Å². The van der Waals surface area contributed by atoms with Crippen LogP contribution in [0.1, 0.15) is 36.8 Å². The Labute approximate surface area is 146 Å². The van der Waals surface area contributed by atoms with Crippen molar-refractivity contribution < 1.29 is 18.0 Å². The van der Waals surface area contributed by atoms with Crippen LogP contribution in [0, 0.1) is 5.92 Å². The highest BCUT2D eigenvalue weighted by Crippen LogP contribution is 2.26. The molecule has 2 aliphatic heterocycles. The predicted octanol–water partition coefficient (Wildman–Crippen LogP) is 3.63. The Morgan fingerprint density at radius 3 is 2.44 bits per heavy atom. The zero-order valence-electron chi connectivity index (χ0n) is 14.4. The van der Waals surface area contributed by atoms with Crippen LogP contribution < -0.4 is 0 Å². The van der Waals surface area contributed by atoms with Crippen LogP contribution in [0.2, 0.25) is 0 Å². The van der Waals surface area contributed by atoms with Gasteiger partial charge in [0.2, 0.25) is 5.91 Å². The number of likely N-dealkylation sites (tertiary alicyclic amines) is 1. The lowest BCUT2D eigenvalue weighted by Gasteiger charge is -2.34. The maximum atomic E-state index is 12.6. The third-order valence-corrected chi connectivity index (χ3v) is 5.37. The van der Waals surface area contributed by atoms with Gasteiger partial charge in [-0.3, -0.25) is 4.79 Å². The Kier molecular flexibility index (Phi) is 5.67. The highest BCUT2D eigenvalue weighted by molar-refractivity contribution is 5.76. The van der Waals surface area contributed by atoms with E-state index in [1.807, 2.05) is 21.9 Å². The molecule has 2 aliphatic rings. The number of hydrogen-bond acceptors (Lipinski definition) is 2. The smallest absolute Gasteiger partial charge is 0.338 e. The first-order valence-corrected chi connectivity index (χ1v) is 9.04. The number of carbonyl (C=O) groups is 1. The lowest BCUT2D eigenvalue weighted by atomic mass is 9.92. The number of carbonyl (C=O) groups excluding carboxylic acids is 1. The maximum Gasteiger partial charge on any atom is 0.390 e. The summed E-state index contributed by atoms with van der Waals surface area (Å²) in [6.07, 6.45) is -1.78. The lowest BCUT2D eigenvalue weighted by Crippen LogP contribution is -2.40. The molecule has 0 atom stereocenters. The quantitative estimate of drug-likeness (QED) is 0.824. The van der Waals surface area contributed by atoms with Gasteiger partial charge in [-0.25, -0.2) is 0 Å². The number of alkyl halides is 3. The average molecular weight is 354 g/mol. The number of halogens is 3. The molecule has 1 saturated heterocycles. The second-order valence-electron chi connectivity index (χ2n) is 7.19. The van der Waals surface area contributed by atoms with Gasteiger partial charge in [-0.1, -0.05) is 24.3 Å². The van der Waals surface area contributed by atoms with E-state index in [0.717, 1.165) is 25.8 Å². The van der Waals surface area contributed by atoms with Gasteiger partial charge in [0.25, 0.3) is 0 Å². The molecule has 0 saturated carbocycles. The summed E-state index contributed by atoms with van der Waals surface area (Å²) in [6.45, 7) is 2.85. The monoisotopic (exact) mass is 354 g/mol. The first-order chi connectivity index (χ1) is 11.9. The summed E-state index contributed by atoms with van der Waals surface area (Å²) >= 11 is 0. The van der Waals surface area contributed by atoms with Crippen molar-refractivity contribution in [1.29, 1.82) is 0 Å². The lowest BCUT2D eigenvalue weighted by molar-refractivity contribution is -0.138. The second kappa shape index (κ2) is 7.77. The van der Waals surface area contributed by atoms with E-state index < -0.39 is 12.6 Å². The van der Waals surface area contributed by atoms with Crippen LogP contribution in [-0.4, -0.2) is 48.1 Å². The van der Waals surface area contributed by atoms with E-state index in [-0.39, 0.29) is 12.5 Å². The molecular weight excluding hydrogens is 329 g/mol. The van der Waals surface area contributed by atoms with Crippen LogP contribution in [-0.2, 0) is 17.8 Å². The molecule has 6 heteroatoms. The van der Waals surface area contributed by atoms with Crippen molar-refractivity contribution in [1.82, 2.24) is 9.80 Å².